The summed E-state index contributed by atoms with van der Waals surface area (Å²) in [6, 6.07) is 9.76. The molecule has 3 heterocycles. The van der Waals surface area contributed by atoms with Crippen LogP contribution in [0.2, 0.25) is 0 Å². The number of nitrogens with zero attached hydrogens (tertiary/aromatic N) is 2. The largest absolute Gasteiger partial charge is 0.454 e. The number of ether oxygens (including phenoxy) is 2. The Labute approximate surface area is 170 Å². The van der Waals surface area contributed by atoms with Crippen molar-refractivity contribution in [2.24, 2.45) is 0 Å². The predicted molar refractivity (Wildman–Crippen MR) is 110 cm³/mol. The van der Waals surface area contributed by atoms with E-state index in [0.717, 1.165) is 32.7 Å². The minimum Gasteiger partial charge on any atom is -0.454 e. The molecule has 150 valence electrons. The third-order valence-electron chi connectivity index (χ3n) is 5.55. The van der Waals surface area contributed by atoms with Gasteiger partial charge < -0.3 is 19.7 Å². The van der Waals surface area contributed by atoms with Crippen molar-refractivity contribution < 1.29 is 14.3 Å². The Kier molecular flexibility index (Phi) is 5.85. The molecule has 28 heavy (non-hydrogen) atoms. The monoisotopic (exact) mass is 401 g/mol. The summed E-state index contributed by atoms with van der Waals surface area (Å²) in [5.41, 5.74) is 0.594. The summed E-state index contributed by atoms with van der Waals surface area (Å²) >= 11 is 1.76. The van der Waals surface area contributed by atoms with Crippen LogP contribution in [-0.2, 0) is 0 Å². The maximum Gasteiger partial charge on any atom is 0.251 e. The number of fused-ring (bicyclic) bond motifs is 1. The topological polar surface area (TPSA) is 54.0 Å². The number of carbonyl (C=O) groups is 1. The average Bonchev–Trinajstić information content (AvgIpc) is 3.40. The van der Waals surface area contributed by atoms with Crippen molar-refractivity contribution in [3.63, 3.8) is 0 Å². The SMILES string of the molecule is CCN1CCN(C(c2cccs2)C(C)NC(=O)c2ccc3c(c2)OCO3)CC1. The molecule has 1 aromatic heterocycles. The van der Waals surface area contributed by atoms with Gasteiger partial charge in [0, 0.05) is 42.7 Å². The molecule has 2 aliphatic heterocycles. The Balaban J connectivity index is 1.48. The molecule has 1 N–H and O–H groups in total. The highest BCUT2D eigenvalue weighted by molar-refractivity contribution is 7.10. The number of hydrogen-bond donors (Lipinski definition) is 1. The van der Waals surface area contributed by atoms with Gasteiger partial charge in [-0.1, -0.05) is 13.0 Å². The summed E-state index contributed by atoms with van der Waals surface area (Å²) in [4.78, 5) is 19.1. The second kappa shape index (κ2) is 8.51. The summed E-state index contributed by atoms with van der Waals surface area (Å²) in [7, 11) is 0. The van der Waals surface area contributed by atoms with Crippen LogP contribution in [0.15, 0.2) is 35.7 Å². The standard InChI is InChI=1S/C21H27N3O3S/c1-3-23-8-10-24(11-9-23)20(19-5-4-12-28-19)15(2)22-21(25)16-6-7-17-18(13-16)27-14-26-17/h4-7,12-13,15,20H,3,8-11,14H2,1-2H3,(H,22,25). The zero-order valence-electron chi connectivity index (χ0n) is 16.4. The van der Waals surface area contributed by atoms with Gasteiger partial charge in [0.2, 0.25) is 6.79 Å². The molecular weight excluding hydrogens is 374 g/mol. The first-order valence-corrected chi connectivity index (χ1v) is 10.7. The van der Waals surface area contributed by atoms with E-state index in [1.165, 1.54) is 4.88 Å². The Morgan fingerprint density at radius 2 is 1.96 bits per heavy atom. The van der Waals surface area contributed by atoms with Crippen LogP contribution >= 0.6 is 11.3 Å². The highest BCUT2D eigenvalue weighted by Crippen LogP contribution is 2.33. The molecule has 0 aliphatic carbocycles. The van der Waals surface area contributed by atoms with Crippen LogP contribution in [0.25, 0.3) is 0 Å². The lowest BCUT2D eigenvalue weighted by Gasteiger charge is -2.41. The van der Waals surface area contributed by atoms with Gasteiger partial charge in [0.1, 0.15) is 0 Å². The van der Waals surface area contributed by atoms with E-state index in [9.17, 15) is 4.79 Å². The molecule has 4 rings (SSSR count). The van der Waals surface area contributed by atoms with E-state index in [1.807, 2.05) is 0 Å². The van der Waals surface area contributed by atoms with Gasteiger partial charge in [0.15, 0.2) is 11.5 Å². The Morgan fingerprint density at radius 3 is 2.68 bits per heavy atom. The third kappa shape index (κ3) is 4.01. The van der Waals surface area contributed by atoms with Crippen LogP contribution in [0.3, 0.4) is 0 Å². The Bertz CT molecular complexity index is 803. The van der Waals surface area contributed by atoms with Crippen LogP contribution in [0, 0.1) is 0 Å². The number of carbonyl (C=O) groups excluding carboxylic acids is 1. The van der Waals surface area contributed by atoms with E-state index < -0.39 is 0 Å². The van der Waals surface area contributed by atoms with Crippen molar-refractivity contribution in [3.05, 3.63) is 46.2 Å². The zero-order valence-corrected chi connectivity index (χ0v) is 17.2. The Hall–Kier alpha value is -2.09. The van der Waals surface area contributed by atoms with E-state index in [1.54, 1.807) is 29.5 Å². The number of amides is 1. The average molecular weight is 402 g/mol. The normalized spacial score (nSPS) is 19.4. The van der Waals surface area contributed by atoms with E-state index in [2.05, 4.69) is 46.5 Å². The lowest BCUT2D eigenvalue weighted by molar-refractivity contribution is 0.0753. The van der Waals surface area contributed by atoms with Crippen molar-refractivity contribution >= 4 is 17.2 Å². The van der Waals surface area contributed by atoms with Crippen LogP contribution in [-0.4, -0.2) is 61.3 Å². The van der Waals surface area contributed by atoms with Gasteiger partial charge in [-0.2, -0.15) is 0 Å². The molecule has 1 aromatic carbocycles. The number of benzene rings is 1. The molecule has 0 spiro atoms. The van der Waals surface area contributed by atoms with Gasteiger partial charge in [-0.3, -0.25) is 9.69 Å². The second-order valence-electron chi connectivity index (χ2n) is 7.26. The maximum atomic E-state index is 12.9. The highest BCUT2D eigenvalue weighted by atomic mass is 32.1. The number of hydrogen-bond acceptors (Lipinski definition) is 6. The maximum absolute atomic E-state index is 12.9. The molecule has 2 aliphatic rings. The first-order valence-electron chi connectivity index (χ1n) is 9.86. The highest BCUT2D eigenvalue weighted by Gasteiger charge is 2.31. The molecule has 7 heteroatoms. The second-order valence-corrected chi connectivity index (χ2v) is 8.24. The number of likely N-dealkylation sites (N-methyl/N-ethyl adjacent to an activating group) is 1. The van der Waals surface area contributed by atoms with Crippen molar-refractivity contribution in [1.29, 1.82) is 0 Å². The summed E-state index contributed by atoms with van der Waals surface area (Å²) in [6.45, 7) is 9.78. The van der Waals surface area contributed by atoms with Crippen LogP contribution in [0.1, 0.15) is 35.1 Å². The van der Waals surface area contributed by atoms with Crippen LogP contribution in [0.5, 0.6) is 11.5 Å². The van der Waals surface area contributed by atoms with E-state index in [-0.39, 0.29) is 24.8 Å². The number of piperazine rings is 1. The van der Waals surface area contributed by atoms with Crippen molar-refractivity contribution in [2.45, 2.75) is 25.9 Å². The first kappa shape index (κ1) is 19.2. The molecule has 6 nitrogen and oxygen atoms in total. The van der Waals surface area contributed by atoms with Crippen molar-refractivity contribution in [3.8, 4) is 11.5 Å². The van der Waals surface area contributed by atoms with E-state index in [4.69, 9.17) is 9.47 Å². The molecule has 2 unspecified atom stereocenters. The lowest BCUT2D eigenvalue weighted by Crippen LogP contribution is -2.52. The van der Waals surface area contributed by atoms with Gasteiger partial charge in [0.25, 0.3) is 5.91 Å². The molecule has 1 amide bonds. The molecular formula is C21H27N3O3S. The van der Waals surface area contributed by atoms with Crippen LogP contribution in [0.4, 0.5) is 0 Å². The molecule has 1 fully saturated rings. The van der Waals surface area contributed by atoms with Gasteiger partial charge in [-0.25, -0.2) is 0 Å². The molecule has 0 bridgehead atoms. The number of thiophene rings is 1. The third-order valence-corrected chi connectivity index (χ3v) is 6.49. The van der Waals surface area contributed by atoms with Crippen molar-refractivity contribution in [2.75, 3.05) is 39.5 Å². The predicted octanol–water partition coefficient (Wildman–Crippen LogP) is 2.97. The minimum atomic E-state index is -0.0837. The van der Waals surface area contributed by atoms with E-state index >= 15 is 0 Å². The lowest BCUT2D eigenvalue weighted by atomic mass is 10.0. The smallest absolute Gasteiger partial charge is 0.251 e. The molecule has 1 saturated heterocycles. The summed E-state index contributed by atoms with van der Waals surface area (Å²) < 4.78 is 10.7. The fourth-order valence-corrected chi connectivity index (χ4v) is 4.93. The van der Waals surface area contributed by atoms with Gasteiger partial charge in [0.05, 0.1) is 6.04 Å². The molecule has 2 aromatic rings. The minimum absolute atomic E-state index is 0.00949. The fraction of sp³-hybridized carbons (Fsp3) is 0.476. The molecule has 0 saturated carbocycles. The molecule has 0 radical (unpaired) electrons. The van der Waals surface area contributed by atoms with Gasteiger partial charge in [-0.15, -0.1) is 11.3 Å². The van der Waals surface area contributed by atoms with E-state index in [0.29, 0.717) is 17.1 Å². The first-order chi connectivity index (χ1) is 13.7. The number of rotatable bonds is 6. The van der Waals surface area contributed by atoms with Gasteiger partial charge in [-0.05, 0) is 43.1 Å². The quantitative estimate of drug-likeness (QED) is 0.807. The molecule has 2 atom stereocenters. The van der Waals surface area contributed by atoms with Crippen LogP contribution < -0.4 is 14.8 Å². The Morgan fingerprint density at radius 1 is 1.18 bits per heavy atom. The summed E-state index contributed by atoms with van der Waals surface area (Å²) in [5.74, 6) is 1.24. The van der Waals surface area contributed by atoms with Gasteiger partial charge >= 0.3 is 0 Å². The zero-order chi connectivity index (χ0) is 19.5. The van der Waals surface area contributed by atoms with Crippen molar-refractivity contribution in [1.82, 2.24) is 15.1 Å². The summed E-state index contributed by atoms with van der Waals surface area (Å²) in [6.07, 6.45) is 0. The fourth-order valence-electron chi connectivity index (χ4n) is 3.97. The number of nitrogens with one attached hydrogen (secondary N) is 1. The summed E-state index contributed by atoms with van der Waals surface area (Å²) in [5, 5.41) is 5.32.